The monoisotopic (exact) mass is 454 g/mol. The van der Waals surface area contributed by atoms with Gasteiger partial charge in [-0.15, -0.1) is 0 Å². The van der Waals surface area contributed by atoms with Crippen molar-refractivity contribution < 1.29 is 14.6 Å². The number of halogens is 3. The number of nitrogens with zero attached hydrogens (tertiary/aromatic N) is 2. The quantitative estimate of drug-likeness (QED) is 0.667. The zero-order valence-corrected chi connectivity index (χ0v) is 16.6. The van der Waals surface area contributed by atoms with Crippen LogP contribution in [0.25, 0.3) is 6.08 Å². The number of methoxy groups -OCH3 is 1. The summed E-state index contributed by atoms with van der Waals surface area (Å²) in [6, 6.07) is 9.72. The number of hydrazone groups is 1. The first-order valence-electron chi connectivity index (χ1n) is 7.46. The number of rotatable bonds is 4. The average molecular weight is 456 g/mol. The van der Waals surface area contributed by atoms with Crippen molar-refractivity contribution in [3.8, 4) is 5.75 Å². The van der Waals surface area contributed by atoms with Crippen LogP contribution >= 0.6 is 39.1 Å². The molecule has 1 heterocycles. The van der Waals surface area contributed by atoms with Crippen LogP contribution in [-0.2, 0) is 9.53 Å². The number of hydrogen-bond donors (Lipinski definition) is 1. The van der Waals surface area contributed by atoms with Crippen molar-refractivity contribution in [2.45, 2.75) is 0 Å². The summed E-state index contributed by atoms with van der Waals surface area (Å²) in [5.41, 5.74) is 1.68. The molecule has 0 atom stereocenters. The van der Waals surface area contributed by atoms with Crippen LogP contribution in [0.1, 0.15) is 5.56 Å². The molecule has 3 rings (SSSR count). The van der Waals surface area contributed by atoms with Crippen LogP contribution in [0.3, 0.4) is 0 Å². The van der Waals surface area contributed by atoms with Gasteiger partial charge in [-0.05, 0) is 42.5 Å². The molecule has 0 spiro atoms. The van der Waals surface area contributed by atoms with E-state index in [2.05, 4.69) is 21.0 Å². The van der Waals surface area contributed by atoms with Crippen molar-refractivity contribution in [3.05, 3.63) is 62.1 Å². The summed E-state index contributed by atoms with van der Waals surface area (Å²) in [4.78, 5) is 12.9. The Bertz CT molecular complexity index is 924. The second-order valence-corrected chi connectivity index (χ2v) is 7.27. The van der Waals surface area contributed by atoms with E-state index in [0.29, 0.717) is 32.6 Å². The molecule has 0 bridgehead atoms. The van der Waals surface area contributed by atoms with Crippen molar-refractivity contribution in [2.75, 3.05) is 18.7 Å². The minimum absolute atomic E-state index is 0.0505. The summed E-state index contributed by atoms with van der Waals surface area (Å²) in [5, 5.41) is 16.4. The zero-order valence-electron chi connectivity index (χ0n) is 13.5. The molecule has 0 fully saturated rings. The van der Waals surface area contributed by atoms with Crippen molar-refractivity contribution >= 4 is 62.5 Å². The largest absolute Gasteiger partial charge is 0.507 e. The molecule has 1 aliphatic heterocycles. The molecule has 1 aliphatic rings. The molecule has 8 heteroatoms. The lowest BCUT2D eigenvalue weighted by Gasteiger charge is -2.12. The van der Waals surface area contributed by atoms with Crippen LogP contribution in [0.2, 0.25) is 10.0 Å². The number of carbonyl (C=O) groups excluding carboxylic acids is 1. The second-order valence-electron chi connectivity index (χ2n) is 5.49. The number of phenolic OH excluding ortho intramolecular Hbond substituents is 1. The summed E-state index contributed by atoms with van der Waals surface area (Å²) in [7, 11) is 1.51. The van der Waals surface area contributed by atoms with Crippen molar-refractivity contribution in [3.63, 3.8) is 0 Å². The van der Waals surface area contributed by atoms with Gasteiger partial charge in [0.25, 0.3) is 5.91 Å². The topological polar surface area (TPSA) is 62.1 Å². The van der Waals surface area contributed by atoms with Crippen molar-refractivity contribution in [1.82, 2.24) is 0 Å². The smallest absolute Gasteiger partial charge is 0.280 e. The normalized spacial score (nSPS) is 15.7. The molecule has 134 valence electrons. The molecule has 26 heavy (non-hydrogen) atoms. The molecule has 2 aromatic rings. The Hall–Kier alpha value is -1.86. The number of aromatic hydroxyl groups is 1. The average Bonchev–Trinajstić information content (AvgIpc) is 2.87. The van der Waals surface area contributed by atoms with Crippen LogP contribution in [0, 0.1) is 0 Å². The van der Waals surface area contributed by atoms with E-state index in [4.69, 9.17) is 27.9 Å². The molecule has 5 nitrogen and oxygen atoms in total. The molecule has 0 saturated carbocycles. The lowest BCUT2D eigenvalue weighted by molar-refractivity contribution is -0.114. The lowest BCUT2D eigenvalue weighted by Crippen LogP contribution is -2.21. The Morgan fingerprint density at radius 1 is 1.23 bits per heavy atom. The molecule has 1 N–H and O–H groups in total. The Morgan fingerprint density at radius 3 is 2.58 bits per heavy atom. The number of phenols is 1. The molecular weight excluding hydrogens is 443 g/mol. The van der Waals surface area contributed by atoms with Gasteiger partial charge in [-0.1, -0.05) is 39.1 Å². The Morgan fingerprint density at radius 2 is 1.92 bits per heavy atom. The van der Waals surface area contributed by atoms with E-state index in [0.717, 1.165) is 4.47 Å². The lowest BCUT2D eigenvalue weighted by atomic mass is 10.1. The number of ether oxygens (including phenoxy) is 1. The van der Waals surface area contributed by atoms with E-state index < -0.39 is 0 Å². The second kappa shape index (κ2) is 7.80. The van der Waals surface area contributed by atoms with Gasteiger partial charge in [0, 0.05) is 27.2 Å². The molecule has 0 aliphatic carbocycles. The Labute approximate surface area is 168 Å². The predicted octanol–water partition coefficient (Wildman–Crippen LogP) is 4.89. The fourth-order valence-corrected chi connectivity index (χ4v) is 3.37. The number of anilines is 1. The molecule has 1 amide bonds. The summed E-state index contributed by atoms with van der Waals surface area (Å²) >= 11 is 15.4. The summed E-state index contributed by atoms with van der Waals surface area (Å²) in [6.07, 6.45) is 1.58. The van der Waals surface area contributed by atoms with Crippen LogP contribution in [0.5, 0.6) is 5.75 Å². The molecular formula is C18H13BrCl2N2O3. The summed E-state index contributed by atoms with van der Waals surface area (Å²) < 4.78 is 5.93. The van der Waals surface area contributed by atoms with E-state index >= 15 is 0 Å². The van der Waals surface area contributed by atoms with Crippen LogP contribution in [0.4, 0.5) is 5.69 Å². The fourth-order valence-electron chi connectivity index (χ4n) is 2.48. The standard InChI is InChI=1S/C18H13BrCl2N2O3/c1-26-9-16-15(5-10-4-11(19)2-3-17(10)24)18(25)23(22-16)14-7-12(20)6-13(21)8-14/h2-8,24H,9H2,1H3. The number of hydrogen-bond acceptors (Lipinski definition) is 4. The third-order valence-corrected chi connectivity index (χ3v) is 4.55. The zero-order chi connectivity index (χ0) is 18.8. The maximum atomic E-state index is 12.9. The van der Waals surface area contributed by atoms with E-state index in [1.165, 1.54) is 18.2 Å². The van der Waals surface area contributed by atoms with Gasteiger partial charge in [0.1, 0.15) is 5.75 Å². The molecule has 0 unspecified atom stereocenters. The first kappa shape index (κ1) is 18.9. The number of amides is 1. The molecule has 2 aromatic carbocycles. The Kier molecular flexibility index (Phi) is 5.67. The predicted molar refractivity (Wildman–Crippen MR) is 107 cm³/mol. The van der Waals surface area contributed by atoms with E-state index in [1.54, 1.807) is 36.4 Å². The van der Waals surface area contributed by atoms with Crippen molar-refractivity contribution in [2.24, 2.45) is 5.10 Å². The van der Waals surface area contributed by atoms with Gasteiger partial charge >= 0.3 is 0 Å². The highest BCUT2D eigenvalue weighted by Crippen LogP contribution is 2.31. The van der Waals surface area contributed by atoms with Gasteiger partial charge in [-0.25, -0.2) is 0 Å². The number of carbonyl (C=O) groups is 1. The molecule has 0 saturated heterocycles. The first-order chi connectivity index (χ1) is 12.4. The van der Waals surface area contributed by atoms with E-state index in [-0.39, 0.29) is 18.3 Å². The van der Waals surface area contributed by atoms with Gasteiger partial charge < -0.3 is 9.84 Å². The number of benzene rings is 2. The Balaban J connectivity index is 2.06. The summed E-state index contributed by atoms with van der Waals surface area (Å²) in [5.74, 6) is -0.315. The highest BCUT2D eigenvalue weighted by Gasteiger charge is 2.31. The molecule has 0 radical (unpaired) electrons. The highest BCUT2D eigenvalue weighted by molar-refractivity contribution is 9.10. The van der Waals surface area contributed by atoms with Crippen LogP contribution < -0.4 is 5.01 Å². The highest BCUT2D eigenvalue weighted by atomic mass is 79.9. The SMILES string of the molecule is COCC1=NN(c2cc(Cl)cc(Cl)c2)C(=O)C1=Cc1cc(Br)ccc1O. The van der Waals surface area contributed by atoms with Gasteiger partial charge in [0.05, 0.1) is 23.6 Å². The van der Waals surface area contributed by atoms with Gasteiger partial charge in [0.2, 0.25) is 0 Å². The maximum absolute atomic E-state index is 12.9. The van der Waals surface area contributed by atoms with Gasteiger partial charge in [-0.2, -0.15) is 10.1 Å². The van der Waals surface area contributed by atoms with E-state index in [9.17, 15) is 9.90 Å². The van der Waals surface area contributed by atoms with E-state index in [1.807, 2.05) is 0 Å². The van der Waals surface area contributed by atoms with Gasteiger partial charge in [0.15, 0.2) is 0 Å². The van der Waals surface area contributed by atoms with Gasteiger partial charge in [-0.3, -0.25) is 4.79 Å². The third kappa shape index (κ3) is 3.94. The minimum Gasteiger partial charge on any atom is -0.507 e. The van der Waals surface area contributed by atoms with Crippen LogP contribution in [-0.4, -0.2) is 30.4 Å². The third-order valence-electron chi connectivity index (χ3n) is 3.62. The van der Waals surface area contributed by atoms with Crippen molar-refractivity contribution in [1.29, 1.82) is 0 Å². The summed E-state index contributed by atoms with van der Waals surface area (Å²) in [6.45, 7) is 0.136. The molecule has 0 aromatic heterocycles. The fraction of sp³-hybridized carbons (Fsp3) is 0.111. The minimum atomic E-state index is -0.366. The first-order valence-corrected chi connectivity index (χ1v) is 9.01. The maximum Gasteiger partial charge on any atom is 0.280 e. The van der Waals surface area contributed by atoms with Crippen LogP contribution in [0.15, 0.2) is 51.5 Å².